The van der Waals surface area contributed by atoms with Gasteiger partial charge in [-0.3, -0.25) is 4.79 Å². The van der Waals surface area contributed by atoms with Crippen LogP contribution in [0.25, 0.3) is 10.9 Å². The number of halogens is 1. The number of nitrogens with zero attached hydrogens (tertiary/aromatic N) is 2. The molecule has 7 heteroatoms. The Kier molecular flexibility index (Phi) is 7.27. The van der Waals surface area contributed by atoms with Crippen molar-refractivity contribution in [3.63, 3.8) is 0 Å². The molecule has 0 saturated heterocycles. The summed E-state index contributed by atoms with van der Waals surface area (Å²) in [6.45, 7) is 0.950. The van der Waals surface area contributed by atoms with E-state index in [2.05, 4.69) is 9.88 Å². The Hall–Kier alpha value is -3.97. The van der Waals surface area contributed by atoms with Gasteiger partial charge in [0.2, 0.25) is 0 Å². The lowest BCUT2D eigenvalue weighted by atomic mass is 9.99. The standard InChI is InChI=1S/C28H28FN3O3/c1-32(2)15-14-18-6-11-22(12-7-18)30-27(20-8-4-19(5-9-20)16-25(33)35-3)26-23-13-10-21(29)17-24(23)31-28(26)34/h4-13,17,31,34H,14-16H2,1-3H3. The fraction of sp³-hybridized carbons (Fsp3) is 0.214. The first-order valence-corrected chi connectivity index (χ1v) is 11.3. The normalized spacial score (nSPS) is 11.9. The molecule has 0 spiro atoms. The highest BCUT2D eigenvalue weighted by Crippen LogP contribution is 2.32. The van der Waals surface area contributed by atoms with Gasteiger partial charge in [0, 0.05) is 17.5 Å². The molecule has 0 unspecified atom stereocenters. The molecule has 0 aliphatic rings. The van der Waals surface area contributed by atoms with E-state index in [1.54, 1.807) is 6.07 Å². The lowest BCUT2D eigenvalue weighted by molar-refractivity contribution is -0.139. The summed E-state index contributed by atoms with van der Waals surface area (Å²) in [6.07, 6.45) is 1.09. The Morgan fingerprint density at radius 3 is 2.37 bits per heavy atom. The van der Waals surface area contributed by atoms with E-state index in [1.165, 1.54) is 24.8 Å². The number of hydrogen-bond donors (Lipinski definition) is 2. The summed E-state index contributed by atoms with van der Waals surface area (Å²) in [7, 11) is 5.44. The predicted molar refractivity (Wildman–Crippen MR) is 136 cm³/mol. The number of benzene rings is 3. The summed E-state index contributed by atoms with van der Waals surface area (Å²) >= 11 is 0. The minimum Gasteiger partial charge on any atom is -0.494 e. The number of likely N-dealkylation sites (N-methyl/N-ethyl adjacent to an activating group) is 1. The molecule has 0 fully saturated rings. The molecular weight excluding hydrogens is 445 g/mol. The molecule has 0 aliphatic carbocycles. The molecule has 2 N–H and O–H groups in total. The van der Waals surface area contributed by atoms with Gasteiger partial charge in [-0.25, -0.2) is 9.38 Å². The number of esters is 1. The molecule has 4 aromatic rings. The molecule has 0 bridgehead atoms. The van der Waals surface area contributed by atoms with E-state index < -0.39 is 5.82 Å². The monoisotopic (exact) mass is 473 g/mol. The first kappa shape index (κ1) is 24.2. The highest BCUT2D eigenvalue weighted by molar-refractivity contribution is 6.21. The third-order valence-electron chi connectivity index (χ3n) is 5.81. The molecule has 0 radical (unpaired) electrons. The Morgan fingerprint density at radius 2 is 1.71 bits per heavy atom. The van der Waals surface area contributed by atoms with E-state index in [0.29, 0.717) is 22.2 Å². The summed E-state index contributed by atoms with van der Waals surface area (Å²) in [5.74, 6) is -0.813. The molecule has 180 valence electrons. The van der Waals surface area contributed by atoms with E-state index >= 15 is 0 Å². The lowest BCUT2D eigenvalue weighted by Crippen LogP contribution is -2.14. The number of nitrogens with one attached hydrogen (secondary N) is 1. The maximum absolute atomic E-state index is 13.8. The van der Waals surface area contributed by atoms with E-state index in [0.717, 1.165) is 29.8 Å². The number of methoxy groups -OCH3 is 1. The van der Waals surface area contributed by atoms with Gasteiger partial charge >= 0.3 is 5.97 Å². The molecule has 1 heterocycles. The van der Waals surface area contributed by atoms with E-state index in [1.807, 2.05) is 62.6 Å². The summed E-state index contributed by atoms with van der Waals surface area (Å²) in [4.78, 5) is 21.5. The Bertz CT molecular complexity index is 1360. The van der Waals surface area contributed by atoms with Crippen LogP contribution in [0, 0.1) is 5.82 Å². The Balaban J connectivity index is 1.78. The van der Waals surface area contributed by atoms with Crippen molar-refractivity contribution < 1.29 is 19.0 Å². The fourth-order valence-electron chi connectivity index (χ4n) is 3.90. The number of aromatic hydroxyl groups is 1. The molecule has 4 rings (SSSR count). The average Bonchev–Trinajstić information content (AvgIpc) is 3.16. The number of carbonyl (C=O) groups excluding carboxylic acids is 1. The zero-order chi connectivity index (χ0) is 24.9. The average molecular weight is 474 g/mol. The molecule has 1 aromatic heterocycles. The van der Waals surface area contributed by atoms with Crippen LogP contribution in [0.15, 0.2) is 71.7 Å². The van der Waals surface area contributed by atoms with Crippen molar-refractivity contribution in [2.24, 2.45) is 4.99 Å². The number of aromatic nitrogens is 1. The van der Waals surface area contributed by atoms with Gasteiger partial charge in [-0.15, -0.1) is 0 Å². The smallest absolute Gasteiger partial charge is 0.309 e. The molecule has 0 aliphatic heterocycles. The van der Waals surface area contributed by atoms with Crippen molar-refractivity contribution in [2.45, 2.75) is 12.8 Å². The Morgan fingerprint density at radius 1 is 1.03 bits per heavy atom. The predicted octanol–water partition coefficient (Wildman–Crippen LogP) is 5.00. The number of ether oxygens (including phenoxy) is 1. The maximum atomic E-state index is 13.8. The van der Waals surface area contributed by atoms with Gasteiger partial charge in [0.05, 0.1) is 36.0 Å². The van der Waals surface area contributed by atoms with Crippen molar-refractivity contribution >= 4 is 28.3 Å². The first-order valence-electron chi connectivity index (χ1n) is 11.3. The van der Waals surface area contributed by atoms with Crippen LogP contribution in [0.2, 0.25) is 0 Å². The summed E-state index contributed by atoms with van der Waals surface area (Å²) in [5, 5.41) is 11.4. The quantitative estimate of drug-likeness (QED) is 0.279. The summed E-state index contributed by atoms with van der Waals surface area (Å²) < 4.78 is 18.6. The van der Waals surface area contributed by atoms with Gasteiger partial charge in [-0.2, -0.15) is 0 Å². The largest absolute Gasteiger partial charge is 0.494 e. The lowest BCUT2D eigenvalue weighted by Gasteiger charge is -2.10. The second-order valence-corrected chi connectivity index (χ2v) is 8.67. The van der Waals surface area contributed by atoms with Gasteiger partial charge in [0.15, 0.2) is 5.88 Å². The number of aromatic amines is 1. The zero-order valence-electron chi connectivity index (χ0n) is 20.0. The van der Waals surface area contributed by atoms with Gasteiger partial charge in [0.1, 0.15) is 5.82 Å². The van der Waals surface area contributed by atoms with Crippen LogP contribution >= 0.6 is 0 Å². The SMILES string of the molecule is COC(=O)Cc1ccc(C(=Nc2ccc(CCN(C)C)cc2)c2c(O)[nH]c3cc(F)ccc23)cc1. The summed E-state index contributed by atoms with van der Waals surface area (Å²) in [6, 6.07) is 19.7. The molecule has 35 heavy (non-hydrogen) atoms. The number of rotatable bonds is 8. The van der Waals surface area contributed by atoms with Gasteiger partial charge < -0.3 is 19.7 Å². The van der Waals surface area contributed by atoms with Crippen molar-refractivity contribution in [1.82, 2.24) is 9.88 Å². The maximum Gasteiger partial charge on any atom is 0.309 e. The number of aliphatic imine (C=N–C) groups is 1. The Labute approximate surface area is 203 Å². The van der Waals surface area contributed by atoms with E-state index in [-0.39, 0.29) is 18.3 Å². The molecule has 3 aromatic carbocycles. The van der Waals surface area contributed by atoms with Crippen LogP contribution in [-0.2, 0) is 22.4 Å². The van der Waals surface area contributed by atoms with Crippen LogP contribution in [0.5, 0.6) is 5.88 Å². The van der Waals surface area contributed by atoms with Crippen LogP contribution in [0.4, 0.5) is 10.1 Å². The fourth-order valence-corrected chi connectivity index (χ4v) is 3.90. The number of carbonyl (C=O) groups is 1. The van der Waals surface area contributed by atoms with Gasteiger partial charge in [-0.1, -0.05) is 36.4 Å². The molecule has 0 atom stereocenters. The first-order chi connectivity index (χ1) is 16.8. The topological polar surface area (TPSA) is 77.9 Å². The summed E-state index contributed by atoms with van der Waals surface area (Å²) in [5.41, 5.74) is 4.97. The van der Waals surface area contributed by atoms with Gasteiger partial charge in [-0.05, 0) is 62.0 Å². The number of hydrogen-bond acceptors (Lipinski definition) is 5. The minimum atomic E-state index is -0.399. The van der Waals surface area contributed by atoms with Crippen LogP contribution in [0.1, 0.15) is 22.3 Å². The van der Waals surface area contributed by atoms with Gasteiger partial charge in [0.25, 0.3) is 0 Å². The zero-order valence-corrected chi connectivity index (χ0v) is 20.0. The van der Waals surface area contributed by atoms with Crippen LogP contribution in [0.3, 0.4) is 0 Å². The third kappa shape index (κ3) is 5.75. The minimum absolute atomic E-state index is 0.0920. The van der Waals surface area contributed by atoms with Crippen LogP contribution < -0.4 is 0 Å². The van der Waals surface area contributed by atoms with E-state index in [4.69, 9.17) is 9.73 Å². The second-order valence-electron chi connectivity index (χ2n) is 8.67. The number of H-pyrrole nitrogens is 1. The highest BCUT2D eigenvalue weighted by atomic mass is 19.1. The third-order valence-corrected chi connectivity index (χ3v) is 5.81. The molecule has 0 saturated carbocycles. The van der Waals surface area contributed by atoms with Crippen molar-refractivity contribution in [2.75, 3.05) is 27.7 Å². The highest BCUT2D eigenvalue weighted by Gasteiger charge is 2.19. The molecular formula is C28H28FN3O3. The van der Waals surface area contributed by atoms with Crippen molar-refractivity contribution in [3.8, 4) is 5.88 Å². The molecule has 6 nitrogen and oxygen atoms in total. The van der Waals surface area contributed by atoms with Crippen molar-refractivity contribution in [3.05, 3.63) is 94.8 Å². The molecule has 0 amide bonds. The van der Waals surface area contributed by atoms with Crippen LogP contribution in [-0.4, -0.2) is 54.4 Å². The second kappa shape index (κ2) is 10.5. The van der Waals surface area contributed by atoms with E-state index in [9.17, 15) is 14.3 Å². The van der Waals surface area contributed by atoms with Crippen molar-refractivity contribution in [1.29, 1.82) is 0 Å². The number of fused-ring (bicyclic) bond motifs is 1.